The van der Waals surface area contributed by atoms with Gasteiger partial charge in [0, 0.05) is 11.6 Å². The predicted molar refractivity (Wildman–Crippen MR) is 104 cm³/mol. The largest absolute Gasteiger partial charge is 0.385 e. The third kappa shape index (κ3) is 2.56. The molecule has 0 spiro atoms. The second kappa shape index (κ2) is 6.59. The minimum absolute atomic E-state index is 0.104. The molecule has 4 aromatic rings. The number of fused-ring (bicyclic) bond motifs is 2. The van der Waals surface area contributed by atoms with Crippen molar-refractivity contribution in [3.05, 3.63) is 83.3 Å². The van der Waals surface area contributed by atoms with Gasteiger partial charge in [-0.1, -0.05) is 28.5 Å². The first-order valence-corrected chi connectivity index (χ1v) is 9.03. The lowest BCUT2D eigenvalue weighted by molar-refractivity contribution is -0.0589. The Balaban J connectivity index is 1.47. The number of carbonyl (C=O) groups excluding carboxylic acids is 3. The zero-order chi connectivity index (χ0) is 20.8. The molecule has 0 atom stereocenters. The molecular weight excluding hydrogens is 386 g/mol. The van der Waals surface area contributed by atoms with Gasteiger partial charge in [0.15, 0.2) is 5.69 Å². The van der Waals surface area contributed by atoms with Crippen molar-refractivity contribution in [3.63, 3.8) is 0 Å². The number of aromatic nitrogens is 4. The van der Waals surface area contributed by atoms with Crippen molar-refractivity contribution in [1.29, 1.82) is 0 Å². The van der Waals surface area contributed by atoms with Crippen LogP contribution in [0.4, 0.5) is 0 Å². The Morgan fingerprint density at radius 2 is 1.67 bits per heavy atom. The topological polar surface area (TPSA) is 107 Å². The zero-order valence-corrected chi connectivity index (χ0v) is 15.6. The lowest BCUT2D eigenvalue weighted by atomic mass is 10.1. The van der Waals surface area contributed by atoms with Crippen molar-refractivity contribution in [1.82, 2.24) is 25.0 Å². The van der Waals surface area contributed by atoms with E-state index >= 15 is 0 Å². The highest BCUT2D eigenvalue weighted by atomic mass is 16.7. The van der Waals surface area contributed by atoms with Crippen molar-refractivity contribution in [2.24, 2.45) is 0 Å². The SMILES string of the molecule is Cc1c(C(=O)ON2C(=O)c3ccccc3C2=O)nnn1-c1cccc2ncccc12. The number of imide groups is 1. The van der Waals surface area contributed by atoms with Gasteiger partial charge in [0.2, 0.25) is 0 Å². The van der Waals surface area contributed by atoms with Crippen molar-refractivity contribution in [2.75, 3.05) is 0 Å². The van der Waals surface area contributed by atoms with Crippen LogP contribution in [0.5, 0.6) is 0 Å². The first kappa shape index (κ1) is 17.7. The van der Waals surface area contributed by atoms with Crippen LogP contribution in [0.3, 0.4) is 0 Å². The number of rotatable bonds is 3. The van der Waals surface area contributed by atoms with Gasteiger partial charge in [-0.2, -0.15) is 0 Å². The van der Waals surface area contributed by atoms with Crippen LogP contribution < -0.4 is 0 Å². The zero-order valence-electron chi connectivity index (χ0n) is 15.6. The summed E-state index contributed by atoms with van der Waals surface area (Å²) >= 11 is 0. The number of hydrogen-bond acceptors (Lipinski definition) is 7. The molecule has 0 saturated carbocycles. The summed E-state index contributed by atoms with van der Waals surface area (Å²) in [6.45, 7) is 1.65. The van der Waals surface area contributed by atoms with E-state index in [1.54, 1.807) is 31.3 Å². The Morgan fingerprint density at radius 1 is 0.933 bits per heavy atom. The molecule has 146 valence electrons. The monoisotopic (exact) mass is 399 g/mol. The van der Waals surface area contributed by atoms with Gasteiger partial charge in [-0.15, -0.1) is 5.10 Å². The predicted octanol–water partition coefficient (Wildman–Crippen LogP) is 2.49. The van der Waals surface area contributed by atoms with Gasteiger partial charge in [0.1, 0.15) is 0 Å². The number of amides is 2. The van der Waals surface area contributed by atoms with Crippen LogP contribution in [0.1, 0.15) is 36.9 Å². The molecule has 9 heteroatoms. The molecule has 9 nitrogen and oxygen atoms in total. The molecular formula is C21H13N5O4. The Labute approximate surface area is 169 Å². The summed E-state index contributed by atoms with van der Waals surface area (Å²) in [7, 11) is 0. The Kier molecular flexibility index (Phi) is 3.88. The molecule has 30 heavy (non-hydrogen) atoms. The van der Waals surface area contributed by atoms with Crippen LogP contribution in [-0.2, 0) is 4.84 Å². The van der Waals surface area contributed by atoms with E-state index in [9.17, 15) is 14.4 Å². The Morgan fingerprint density at radius 3 is 2.40 bits per heavy atom. The van der Waals surface area contributed by atoms with Crippen LogP contribution in [0.25, 0.3) is 16.6 Å². The average molecular weight is 399 g/mol. The van der Waals surface area contributed by atoms with Gasteiger partial charge < -0.3 is 4.84 Å². The average Bonchev–Trinajstić information content (AvgIpc) is 3.27. The molecule has 5 rings (SSSR count). The second-order valence-electron chi connectivity index (χ2n) is 6.61. The number of hydroxylamine groups is 2. The van der Waals surface area contributed by atoms with Crippen LogP contribution in [0.2, 0.25) is 0 Å². The van der Waals surface area contributed by atoms with Crippen molar-refractivity contribution >= 4 is 28.7 Å². The molecule has 0 bridgehead atoms. The van der Waals surface area contributed by atoms with E-state index in [0.717, 1.165) is 10.9 Å². The quantitative estimate of drug-likeness (QED) is 0.487. The molecule has 0 saturated heterocycles. The van der Waals surface area contributed by atoms with Crippen molar-refractivity contribution in [3.8, 4) is 5.69 Å². The van der Waals surface area contributed by atoms with Gasteiger partial charge in [0.25, 0.3) is 11.8 Å². The van der Waals surface area contributed by atoms with Gasteiger partial charge in [-0.3, -0.25) is 14.6 Å². The molecule has 1 aliphatic rings. The second-order valence-corrected chi connectivity index (χ2v) is 6.61. The maximum atomic E-state index is 12.7. The lowest BCUT2D eigenvalue weighted by Gasteiger charge is -2.12. The minimum Gasteiger partial charge on any atom is -0.322 e. The van der Waals surface area contributed by atoms with E-state index in [1.807, 2.05) is 24.3 Å². The molecule has 2 aromatic carbocycles. The Hall–Kier alpha value is -4.40. The Bertz CT molecular complexity index is 1320. The normalized spacial score (nSPS) is 13.0. The summed E-state index contributed by atoms with van der Waals surface area (Å²) in [5.41, 5.74) is 2.10. The summed E-state index contributed by atoms with van der Waals surface area (Å²) in [5, 5.41) is 9.25. The molecule has 2 aromatic heterocycles. The van der Waals surface area contributed by atoms with Crippen molar-refractivity contribution < 1.29 is 19.2 Å². The van der Waals surface area contributed by atoms with Crippen LogP contribution in [0.15, 0.2) is 60.8 Å². The fraction of sp³-hybridized carbons (Fsp3) is 0.0476. The third-order valence-corrected chi connectivity index (χ3v) is 4.87. The molecule has 0 fully saturated rings. The van der Waals surface area contributed by atoms with E-state index in [-0.39, 0.29) is 16.8 Å². The minimum atomic E-state index is -0.952. The van der Waals surface area contributed by atoms with Crippen LogP contribution >= 0.6 is 0 Å². The molecule has 3 heterocycles. The standard InChI is InChI=1S/C21H13N5O4/c1-12-18(21(29)30-26-19(27)13-6-2-3-7-14(13)20(26)28)23-24-25(12)17-10-4-9-16-15(17)8-5-11-22-16/h2-11H,1H3. The van der Waals surface area contributed by atoms with Crippen molar-refractivity contribution in [2.45, 2.75) is 6.92 Å². The lowest BCUT2D eigenvalue weighted by Crippen LogP contribution is -2.33. The number of benzene rings is 2. The van der Waals surface area contributed by atoms with Crippen LogP contribution in [-0.4, -0.2) is 42.8 Å². The molecule has 1 aliphatic heterocycles. The fourth-order valence-corrected chi connectivity index (χ4v) is 3.39. The summed E-state index contributed by atoms with van der Waals surface area (Å²) < 4.78 is 1.49. The molecule has 2 amide bonds. The van der Waals surface area contributed by atoms with E-state index < -0.39 is 17.8 Å². The molecule has 0 aliphatic carbocycles. The van der Waals surface area contributed by atoms with Gasteiger partial charge in [0.05, 0.1) is 28.0 Å². The summed E-state index contributed by atoms with van der Waals surface area (Å²) in [6, 6.07) is 15.5. The van der Waals surface area contributed by atoms with Gasteiger partial charge in [-0.25, -0.2) is 9.48 Å². The maximum absolute atomic E-state index is 12.7. The molecule has 0 N–H and O–H groups in total. The van der Waals surface area contributed by atoms with Gasteiger partial charge >= 0.3 is 5.97 Å². The number of nitrogens with zero attached hydrogens (tertiary/aromatic N) is 5. The smallest absolute Gasteiger partial charge is 0.322 e. The number of hydrogen-bond donors (Lipinski definition) is 0. The first-order valence-electron chi connectivity index (χ1n) is 9.03. The van der Waals surface area contributed by atoms with E-state index in [0.29, 0.717) is 16.4 Å². The van der Waals surface area contributed by atoms with E-state index in [2.05, 4.69) is 15.3 Å². The highest BCUT2D eigenvalue weighted by molar-refractivity contribution is 6.21. The fourth-order valence-electron chi connectivity index (χ4n) is 3.39. The number of carbonyl (C=O) groups is 3. The maximum Gasteiger partial charge on any atom is 0.385 e. The third-order valence-electron chi connectivity index (χ3n) is 4.87. The summed E-state index contributed by atoms with van der Waals surface area (Å²) in [6.07, 6.45) is 1.69. The summed E-state index contributed by atoms with van der Waals surface area (Å²) in [4.78, 5) is 46.9. The van der Waals surface area contributed by atoms with E-state index in [1.165, 1.54) is 16.8 Å². The highest BCUT2D eigenvalue weighted by Gasteiger charge is 2.39. The molecule has 0 radical (unpaired) electrons. The first-order chi connectivity index (χ1) is 14.6. The number of pyridine rings is 1. The summed E-state index contributed by atoms with van der Waals surface area (Å²) in [5.74, 6) is -2.35. The highest BCUT2D eigenvalue weighted by Crippen LogP contribution is 2.25. The van der Waals surface area contributed by atoms with E-state index in [4.69, 9.17) is 4.84 Å². The molecule has 0 unspecified atom stereocenters. The van der Waals surface area contributed by atoms with Crippen LogP contribution in [0, 0.1) is 6.92 Å². The van der Waals surface area contributed by atoms with Gasteiger partial charge in [-0.05, 0) is 43.3 Å².